The second-order valence-corrected chi connectivity index (χ2v) is 6.94. The van der Waals surface area contributed by atoms with Crippen molar-refractivity contribution in [3.05, 3.63) is 24.3 Å². The minimum absolute atomic E-state index is 0. The summed E-state index contributed by atoms with van der Waals surface area (Å²) in [5.41, 5.74) is 0. The molecule has 4 nitrogen and oxygen atoms in total. The largest absolute Gasteiger partial charge is 0.315 e. The van der Waals surface area contributed by atoms with Crippen LogP contribution < -0.4 is 10.0 Å². The summed E-state index contributed by atoms with van der Waals surface area (Å²) in [6.45, 7) is 1.68. The molecule has 2 N–H and O–H groups in total. The number of thioether (sulfide) groups is 1. The second kappa shape index (κ2) is 7.50. The number of rotatable bonds is 4. The van der Waals surface area contributed by atoms with Gasteiger partial charge in [0.15, 0.2) is 0 Å². The highest BCUT2D eigenvalue weighted by Crippen LogP contribution is 2.19. The monoisotopic (exact) mass is 322 g/mol. The molecular formula is C12H19ClN2O2S2. The second-order valence-electron chi connectivity index (χ2n) is 4.34. The maximum Gasteiger partial charge on any atom is 0.240 e. The predicted octanol–water partition coefficient (Wildman–Crippen LogP) is 1.86. The smallest absolute Gasteiger partial charge is 0.240 e. The zero-order chi connectivity index (χ0) is 13.0. The van der Waals surface area contributed by atoms with Gasteiger partial charge in [-0.3, -0.25) is 0 Å². The lowest BCUT2D eigenvalue weighted by Gasteiger charge is -2.23. The lowest BCUT2D eigenvalue weighted by molar-refractivity contribution is 0.428. The first-order chi connectivity index (χ1) is 8.62. The Balaban J connectivity index is 0.00000180. The molecule has 1 saturated heterocycles. The molecule has 1 fully saturated rings. The van der Waals surface area contributed by atoms with Crippen LogP contribution in [0, 0.1) is 0 Å². The molecule has 1 unspecified atom stereocenters. The van der Waals surface area contributed by atoms with Crippen LogP contribution in [0.25, 0.3) is 0 Å². The first kappa shape index (κ1) is 16.8. The van der Waals surface area contributed by atoms with Gasteiger partial charge in [-0.2, -0.15) is 0 Å². The third kappa shape index (κ3) is 4.65. The fourth-order valence-electron chi connectivity index (χ4n) is 2.01. The Morgan fingerprint density at radius 1 is 1.42 bits per heavy atom. The van der Waals surface area contributed by atoms with E-state index in [-0.39, 0.29) is 18.4 Å². The predicted molar refractivity (Wildman–Crippen MR) is 81.7 cm³/mol. The standard InChI is InChI=1S/C12H18N2O2S2.ClH/c1-17-11-5-2-6-12(8-11)18(15,16)14-10-4-3-7-13-9-10;/h2,5-6,8,10,13-14H,3-4,7,9H2,1H3;1H. The number of hydrogen-bond donors (Lipinski definition) is 2. The molecule has 7 heteroatoms. The van der Waals surface area contributed by atoms with Gasteiger partial charge in [-0.1, -0.05) is 6.07 Å². The highest BCUT2D eigenvalue weighted by Gasteiger charge is 2.21. The number of benzene rings is 1. The summed E-state index contributed by atoms with van der Waals surface area (Å²) in [4.78, 5) is 1.31. The topological polar surface area (TPSA) is 58.2 Å². The minimum atomic E-state index is -3.40. The first-order valence-electron chi connectivity index (χ1n) is 5.99. The van der Waals surface area contributed by atoms with Crippen molar-refractivity contribution in [3.8, 4) is 0 Å². The molecule has 0 aliphatic carbocycles. The number of nitrogens with one attached hydrogen (secondary N) is 2. The van der Waals surface area contributed by atoms with Crippen molar-refractivity contribution in [2.45, 2.75) is 28.7 Å². The van der Waals surface area contributed by atoms with E-state index in [0.717, 1.165) is 24.3 Å². The van der Waals surface area contributed by atoms with Gasteiger partial charge in [-0.05, 0) is 43.8 Å². The van der Waals surface area contributed by atoms with E-state index in [1.165, 1.54) is 0 Å². The molecule has 1 aromatic carbocycles. The Bertz CT molecular complexity index is 502. The molecular weight excluding hydrogens is 304 g/mol. The van der Waals surface area contributed by atoms with Crippen molar-refractivity contribution < 1.29 is 8.42 Å². The van der Waals surface area contributed by atoms with Crippen LogP contribution in [-0.2, 0) is 10.0 Å². The highest BCUT2D eigenvalue weighted by molar-refractivity contribution is 7.98. The maximum atomic E-state index is 12.2. The highest BCUT2D eigenvalue weighted by atomic mass is 35.5. The van der Waals surface area contributed by atoms with Crippen molar-refractivity contribution in [1.82, 2.24) is 10.0 Å². The lowest BCUT2D eigenvalue weighted by Crippen LogP contribution is -2.45. The van der Waals surface area contributed by atoms with E-state index in [2.05, 4.69) is 10.0 Å². The minimum Gasteiger partial charge on any atom is -0.315 e. The average molecular weight is 323 g/mol. The molecule has 0 bridgehead atoms. The van der Waals surface area contributed by atoms with Gasteiger partial charge in [0.1, 0.15) is 0 Å². The van der Waals surface area contributed by atoms with Crippen molar-refractivity contribution >= 4 is 34.2 Å². The van der Waals surface area contributed by atoms with Crippen molar-refractivity contribution in [2.75, 3.05) is 19.3 Å². The van der Waals surface area contributed by atoms with Crippen LogP contribution in [0.15, 0.2) is 34.1 Å². The van der Waals surface area contributed by atoms with Crippen LogP contribution in [-0.4, -0.2) is 33.8 Å². The molecule has 1 aromatic rings. The zero-order valence-electron chi connectivity index (χ0n) is 10.8. The maximum absolute atomic E-state index is 12.2. The van der Waals surface area contributed by atoms with Gasteiger partial charge in [0.25, 0.3) is 0 Å². The van der Waals surface area contributed by atoms with Crippen LogP contribution in [0.3, 0.4) is 0 Å². The van der Waals surface area contributed by atoms with E-state index in [4.69, 9.17) is 0 Å². The van der Waals surface area contributed by atoms with E-state index in [9.17, 15) is 8.42 Å². The van der Waals surface area contributed by atoms with E-state index in [1.807, 2.05) is 12.3 Å². The molecule has 19 heavy (non-hydrogen) atoms. The van der Waals surface area contributed by atoms with Gasteiger partial charge in [0, 0.05) is 17.5 Å². The summed E-state index contributed by atoms with van der Waals surface area (Å²) in [5.74, 6) is 0. The summed E-state index contributed by atoms with van der Waals surface area (Å²) in [7, 11) is -3.40. The summed E-state index contributed by atoms with van der Waals surface area (Å²) in [6.07, 6.45) is 3.84. The van der Waals surface area contributed by atoms with E-state index >= 15 is 0 Å². The first-order valence-corrected chi connectivity index (χ1v) is 8.70. The number of sulfonamides is 1. The van der Waals surface area contributed by atoms with Crippen molar-refractivity contribution in [3.63, 3.8) is 0 Å². The normalized spacial score (nSPS) is 19.7. The molecule has 1 atom stereocenters. The Morgan fingerprint density at radius 2 is 2.21 bits per heavy atom. The molecule has 0 radical (unpaired) electrons. The number of hydrogen-bond acceptors (Lipinski definition) is 4. The van der Waals surface area contributed by atoms with Crippen LogP contribution in [0.2, 0.25) is 0 Å². The van der Waals surface area contributed by atoms with Gasteiger partial charge in [0.05, 0.1) is 4.90 Å². The van der Waals surface area contributed by atoms with E-state index in [1.54, 1.807) is 30.0 Å². The Hall–Kier alpha value is -0.270. The average Bonchev–Trinajstić information content (AvgIpc) is 2.39. The molecule has 0 amide bonds. The molecule has 108 valence electrons. The molecule has 0 aromatic heterocycles. The summed E-state index contributed by atoms with van der Waals surface area (Å²) in [6, 6.07) is 7.04. The summed E-state index contributed by atoms with van der Waals surface area (Å²) >= 11 is 1.54. The van der Waals surface area contributed by atoms with Crippen LogP contribution in [0.1, 0.15) is 12.8 Å². The van der Waals surface area contributed by atoms with Gasteiger partial charge in [-0.25, -0.2) is 13.1 Å². The number of halogens is 1. The van der Waals surface area contributed by atoms with Crippen molar-refractivity contribution in [2.24, 2.45) is 0 Å². The fraction of sp³-hybridized carbons (Fsp3) is 0.500. The summed E-state index contributed by atoms with van der Waals surface area (Å²) < 4.78 is 27.2. The Labute approximate surface area is 125 Å². The molecule has 0 saturated carbocycles. The van der Waals surface area contributed by atoms with E-state index < -0.39 is 10.0 Å². The third-order valence-electron chi connectivity index (χ3n) is 2.97. The molecule has 2 rings (SSSR count). The molecule has 1 heterocycles. The SMILES string of the molecule is CSc1cccc(S(=O)(=O)NC2CCCNC2)c1.Cl. The van der Waals surface area contributed by atoms with Crippen LogP contribution in [0.4, 0.5) is 0 Å². The van der Waals surface area contributed by atoms with Gasteiger partial charge in [0.2, 0.25) is 10.0 Å². The molecule has 1 aliphatic heterocycles. The quantitative estimate of drug-likeness (QED) is 0.831. The van der Waals surface area contributed by atoms with E-state index in [0.29, 0.717) is 11.4 Å². The zero-order valence-corrected chi connectivity index (χ0v) is 13.2. The van der Waals surface area contributed by atoms with Gasteiger partial charge >= 0.3 is 0 Å². The number of piperidine rings is 1. The lowest BCUT2D eigenvalue weighted by atomic mass is 10.1. The van der Waals surface area contributed by atoms with Gasteiger partial charge < -0.3 is 5.32 Å². The third-order valence-corrected chi connectivity index (χ3v) is 5.21. The van der Waals surface area contributed by atoms with Crippen LogP contribution >= 0.6 is 24.2 Å². The Morgan fingerprint density at radius 3 is 2.84 bits per heavy atom. The summed E-state index contributed by atoms with van der Waals surface area (Å²) in [5, 5.41) is 3.20. The fourth-order valence-corrected chi connectivity index (χ4v) is 3.86. The van der Waals surface area contributed by atoms with Crippen LogP contribution in [0.5, 0.6) is 0 Å². The van der Waals surface area contributed by atoms with Crippen molar-refractivity contribution in [1.29, 1.82) is 0 Å². The van der Waals surface area contributed by atoms with Gasteiger partial charge in [-0.15, -0.1) is 24.2 Å². The Kier molecular flexibility index (Phi) is 6.62. The molecule has 1 aliphatic rings. The molecule has 0 spiro atoms.